The first-order valence-corrected chi connectivity index (χ1v) is 6.00. The van der Waals surface area contributed by atoms with Crippen molar-refractivity contribution in [1.82, 2.24) is 0 Å². The number of aliphatic carboxylic acids is 1. The molecule has 1 aliphatic carbocycles. The predicted octanol–water partition coefficient (Wildman–Crippen LogP) is 2.97. The molecule has 2 N–H and O–H groups in total. The molecule has 1 aromatic carbocycles. The Labute approximate surface area is 102 Å². The molecular formula is C12H13BrO3. The molecule has 0 saturated heterocycles. The van der Waals surface area contributed by atoms with Crippen LogP contribution in [-0.4, -0.2) is 16.2 Å². The van der Waals surface area contributed by atoms with Crippen LogP contribution in [0.4, 0.5) is 0 Å². The van der Waals surface area contributed by atoms with E-state index in [4.69, 9.17) is 0 Å². The molecule has 4 heteroatoms. The number of phenols is 1. The van der Waals surface area contributed by atoms with Crippen LogP contribution in [0.3, 0.4) is 0 Å². The molecule has 0 spiro atoms. The lowest BCUT2D eigenvalue weighted by molar-refractivity contribution is -0.147. The number of carboxylic acid groups (broad SMARTS) is 1. The summed E-state index contributed by atoms with van der Waals surface area (Å²) < 4.78 is 0.678. The lowest BCUT2D eigenvalue weighted by Gasteiger charge is -2.39. The van der Waals surface area contributed by atoms with E-state index >= 15 is 0 Å². The highest BCUT2D eigenvalue weighted by Gasteiger charge is 2.48. The standard InChI is InChI=1S/C12H13BrO3/c1-7-3-4-8(13)9(10(7)14)12(11(15)16)5-2-6-12/h3-4,14H,2,5-6H2,1H3,(H,15,16). The van der Waals surface area contributed by atoms with E-state index in [2.05, 4.69) is 15.9 Å². The molecule has 0 heterocycles. The Morgan fingerprint density at radius 2 is 2.06 bits per heavy atom. The van der Waals surface area contributed by atoms with Crippen molar-refractivity contribution < 1.29 is 15.0 Å². The van der Waals surface area contributed by atoms with Crippen LogP contribution in [0.15, 0.2) is 16.6 Å². The molecule has 0 amide bonds. The minimum atomic E-state index is -0.894. The third-order valence-corrected chi connectivity index (χ3v) is 4.08. The second-order valence-corrected chi connectivity index (χ2v) is 5.18. The fourth-order valence-electron chi connectivity index (χ4n) is 2.23. The van der Waals surface area contributed by atoms with Crippen LogP contribution in [0.25, 0.3) is 0 Å². The van der Waals surface area contributed by atoms with Crippen molar-refractivity contribution in [1.29, 1.82) is 0 Å². The third-order valence-electron chi connectivity index (χ3n) is 3.42. The van der Waals surface area contributed by atoms with Crippen LogP contribution in [0, 0.1) is 6.92 Å². The van der Waals surface area contributed by atoms with Crippen molar-refractivity contribution in [2.24, 2.45) is 0 Å². The van der Waals surface area contributed by atoms with Gasteiger partial charge in [-0.25, -0.2) is 0 Å². The maximum Gasteiger partial charge on any atom is 0.314 e. The molecule has 1 fully saturated rings. The summed E-state index contributed by atoms with van der Waals surface area (Å²) in [7, 11) is 0. The molecule has 2 rings (SSSR count). The number of aromatic hydroxyl groups is 1. The fraction of sp³-hybridized carbons (Fsp3) is 0.417. The van der Waals surface area contributed by atoms with Crippen LogP contribution < -0.4 is 0 Å². The van der Waals surface area contributed by atoms with Crippen molar-refractivity contribution in [3.05, 3.63) is 27.7 Å². The molecule has 0 radical (unpaired) electrons. The molecule has 1 aromatic rings. The zero-order valence-corrected chi connectivity index (χ0v) is 10.5. The van der Waals surface area contributed by atoms with Crippen molar-refractivity contribution in [3.8, 4) is 5.75 Å². The Balaban J connectivity index is 2.63. The van der Waals surface area contributed by atoms with Crippen LogP contribution in [-0.2, 0) is 10.2 Å². The van der Waals surface area contributed by atoms with Gasteiger partial charge in [-0.1, -0.05) is 28.4 Å². The van der Waals surface area contributed by atoms with Crippen molar-refractivity contribution >= 4 is 21.9 Å². The van der Waals surface area contributed by atoms with E-state index in [-0.39, 0.29) is 5.75 Å². The first kappa shape index (κ1) is 11.5. The highest BCUT2D eigenvalue weighted by Crippen LogP contribution is 2.50. The molecule has 0 unspecified atom stereocenters. The maximum atomic E-state index is 11.4. The van der Waals surface area contributed by atoms with Gasteiger partial charge in [-0.15, -0.1) is 0 Å². The molecular weight excluding hydrogens is 272 g/mol. The second-order valence-electron chi connectivity index (χ2n) is 4.33. The fourth-order valence-corrected chi connectivity index (χ4v) is 2.93. The van der Waals surface area contributed by atoms with E-state index in [1.807, 2.05) is 0 Å². The maximum absolute atomic E-state index is 11.4. The van der Waals surface area contributed by atoms with Gasteiger partial charge in [0.05, 0.1) is 5.41 Å². The summed E-state index contributed by atoms with van der Waals surface area (Å²) in [6.07, 6.45) is 2.09. The number of halogens is 1. The van der Waals surface area contributed by atoms with Gasteiger partial charge in [-0.05, 0) is 31.4 Å². The molecule has 16 heavy (non-hydrogen) atoms. The molecule has 1 saturated carbocycles. The number of hydrogen-bond donors (Lipinski definition) is 2. The van der Waals surface area contributed by atoms with E-state index in [0.717, 1.165) is 6.42 Å². The molecule has 0 aliphatic heterocycles. The predicted molar refractivity (Wildman–Crippen MR) is 63.7 cm³/mol. The molecule has 1 aliphatic rings. The number of aryl methyl sites for hydroxylation is 1. The smallest absolute Gasteiger partial charge is 0.314 e. The SMILES string of the molecule is Cc1ccc(Br)c(C2(C(=O)O)CCC2)c1O. The summed E-state index contributed by atoms with van der Waals surface area (Å²) in [5.74, 6) is -0.739. The normalized spacial score (nSPS) is 17.9. The molecule has 86 valence electrons. The Kier molecular flexibility index (Phi) is 2.70. The topological polar surface area (TPSA) is 57.5 Å². The largest absolute Gasteiger partial charge is 0.507 e. The average Bonchev–Trinajstić information content (AvgIpc) is 2.15. The first-order valence-electron chi connectivity index (χ1n) is 5.21. The van der Waals surface area contributed by atoms with E-state index in [1.165, 1.54) is 0 Å². The van der Waals surface area contributed by atoms with E-state index < -0.39 is 11.4 Å². The summed E-state index contributed by atoms with van der Waals surface area (Å²) in [6.45, 7) is 1.78. The van der Waals surface area contributed by atoms with Gasteiger partial charge in [0.15, 0.2) is 0 Å². The number of hydrogen-bond acceptors (Lipinski definition) is 2. The lowest BCUT2D eigenvalue weighted by atomic mass is 9.64. The highest BCUT2D eigenvalue weighted by molar-refractivity contribution is 9.10. The summed E-state index contributed by atoms with van der Waals surface area (Å²) >= 11 is 3.34. The van der Waals surface area contributed by atoms with Gasteiger partial charge in [0.25, 0.3) is 0 Å². The molecule has 0 aromatic heterocycles. The molecule has 0 bridgehead atoms. The van der Waals surface area contributed by atoms with Gasteiger partial charge in [0.1, 0.15) is 5.75 Å². The third kappa shape index (κ3) is 1.44. The first-order chi connectivity index (χ1) is 7.49. The Morgan fingerprint density at radius 3 is 2.50 bits per heavy atom. The highest BCUT2D eigenvalue weighted by atomic mass is 79.9. The van der Waals surface area contributed by atoms with Gasteiger partial charge in [0.2, 0.25) is 0 Å². The minimum Gasteiger partial charge on any atom is -0.507 e. The van der Waals surface area contributed by atoms with Gasteiger partial charge < -0.3 is 10.2 Å². The average molecular weight is 285 g/mol. The molecule has 3 nitrogen and oxygen atoms in total. The monoisotopic (exact) mass is 284 g/mol. The van der Waals surface area contributed by atoms with Crippen molar-refractivity contribution in [2.75, 3.05) is 0 Å². The lowest BCUT2D eigenvalue weighted by Crippen LogP contribution is -2.42. The van der Waals surface area contributed by atoms with Gasteiger partial charge >= 0.3 is 5.97 Å². The van der Waals surface area contributed by atoms with Crippen LogP contribution in [0.1, 0.15) is 30.4 Å². The summed E-state index contributed by atoms with van der Waals surface area (Å²) in [5, 5.41) is 19.4. The van der Waals surface area contributed by atoms with E-state index in [9.17, 15) is 15.0 Å². The Bertz CT molecular complexity index is 450. The van der Waals surface area contributed by atoms with Crippen LogP contribution in [0.5, 0.6) is 5.75 Å². The van der Waals surface area contributed by atoms with Gasteiger partial charge in [-0.2, -0.15) is 0 Å². The van der Waals surface area contributed by atoms with Crippen molar-refractivity contribution in [2.45, 2.75) is 31.6 Å². The van der Waals surface area contributed by atoms with Crippen LogP contribution in [0.2, 0.25) is 0 Å². The summed E-state index contributed by atoms with van der Waals surface area (Å²) in [4.78, 5) is 11.4. The zero-order chi connectivity index (χ0) is 11.9. The number of carbonyl (C=O) groups is 1. The van der Waals surface area contributed by atoms with Crippen molar-refractivity contribution in [3.63, 3.8) is 0 Å². The zero-order valence-electron chi connectivity index (χ0n) is 8.96. The summed E-state index contributed by atoms with van der Waals surface area (Å²) in [5.41, 5.74) is 0.353. The summed E-state index contributed by atoms with van der Waals surface area (Å²) in [6, 6.07) is 3.57. The Morgan fingerprint density at radius 1 is 1.44 bits per heavy atom. The van der Waals surface area contributed by atoms with E-state index in [0.29, 0.717) is 28.4 Å². The Hall–Kier alpha value is -1.03. The van der Waals surface area contributed by atoms with Gasteiger partial charge in [-0.3, -0.25) is 4.79 Å². The second kappa shape index (κ2) is 3.77. The quantitative estimate of drug-likeness (QED) is 0.878. The molecule has 0 atom stereocenters. The number of carboxylic acids is 1. The van der Waals surface area contributed by atoms with E-state index in [1.54, 1.807) is 19.1 Å². The minimum absolute atomic E-state index is 0.108. The number of rotatable bonds is 2. The van der Waals surface area contributed by atoms with Gasteiger partial charge in [0, 0.05) is 10.0 Å². The van der Waals surface area contributed by atoms with Crippen LogP contribution >= 0.6 is 15.9 Å². The number of phenolic OH excluding ortho intramolecular Hbond substituents is 1. The number of benzene rings is 1.